The summed E-state index contributed by atoms with van der Waals surface area (Å²) in [7, 11) is 2.04. The lowest BCUT2D eigenvalue weighted by Gasteiger charge is -2.23. The van der Waals surface area contributed by atoms with E-state index in [4.69, 9.17) is 4.98 Å². The van der Waals surface area contributed by atoms with Gasteiger partial charge in [-0.15, -0.1) is 0 Å². The molecule has 2 aromatic rings. The number of hydrogen-bond donors (Lipinski definition) is 1. The lowest BCUT2D eigenvalue weighted by Crippen LogP contribution is -2.35. The average Bonchev–Trinajstić information content (AvgIpc) is 2.86. The maximum absolute atomic E-state index is 4.70. The first-order valence-electron chi connectivity index (χ1n) is 5.74. The Morgan fingerprint density at radius 3 is 3.06 bits per heavy atom. The minimum absolute atomic E-state index is 0.00937. The van der Waals surface area contributed by atoms with Gasteiger partial charge in [0.1, 0.15) is 11.3 Å². The first-order chi connectivity index (χ1) is 7.71. The Balaban J connectivity index is 2.20. The quantitative estimate of drug-likeness (QED) is 0.786. The molecule has 1 fully saturated rings. The van der Waals surface area contributed by atoms with Crippen LogP contribution in [-0.2, 0) is 12.6 Å². The number of nitrogens with zero attached hydrogens (tertiary/aromatic N) is 3. The van der Waals surface area contributed by atoms with Gasteiger partial charge in [-0.1, -0.05) is 0 Å². The molecule has 0 spiro atoms. The molecule has 1 atom stereocenters. The smallest absolute Gasteiger partial charge is 0.159 e. The molecule has 1 unspecified atom stereocenters. The van der Waals surface area contributed by atoms with Crippen molar-refractivity contribution >= 4 is 11.2 Å². The van der Waals surface area contributed by atoms with Crippen molar-refractivity contribution in [2.75, 3.05) is 6.54 Å². The topological polar surface area (TPSA) is 42.7 Å². The average molecular weight is 216 g/mol. The summed E-state index contributed by atoms with van der Waals surface area (Å²) in [6.45, 7) is 3.30. The van der Waals surface area contributed by atoms with Gasteiger partial charge in [-0.2, -0.15) is 0 Å². The van der Waals surface area contributed by atoms with Gasteiger partial charge >= 0.3 is 0 Å². The van der Waals surface area contributed by atoms with Crippen LogP contribution in [-0.4, -0.2) is 21.1 Å². The Morgan fingerprint density at radius 2 is 2.38 bits per heavy atom. The van der Waals surface area contributed by atoms with Crippen molar-refractivity contribution in [3.05, 3.63) is 24.2 Å². The maximum atomic E-state index is 4.70. The number of fused-ring (bicyclic) bond motifs is 1. The SMILES string of the molecule is Cn1c(C2(C)CCCN2)nc2cccnc21. The fourth-order valence-corrected chi connectivity index (χ4v) is 2.60. The molecule has 0 aromatic carbocycles. The normalized spacial score (nSPS) is 25.4. The third-order valence-electron chi connectivity index (χ3n) is 3.49. The molecule has 3 heterocycles. The van der Waals surface area contributed by atoms with Crippen LogP contribution in [0.4, 0.5) is 0 Å². The molecule has 84 valence electrons. The number of aromatic nitrogens is 3. The molecule has 0 saturated carbocycles. The van der Waals surface area contributed by atoms with E-state index in [-0.39, 0.29) is 5.54 Å². The van der Waals surface area contributed by atoms with Crippen LogP contribution in [0.1, 0.15) is 25.6 Å². The minimum Gasteiger partial charge on any atom is -0.314 e. The minimum atomic E-state index is 0.00937. The Hall–Kier alpha value is -1.42. The van der Waals surface area contributed by atoms with Crippen LogP contribution in [0.15, 0.2) is 18.3 Å². The summed E-state index contributed by atoms with van der Waals surface area (Å²) in [5.41, 5.74) is 1.96. The van der Waals surface area contributed by atoms with Gasteiger partial charge in [0.25, 0.3) is 0 Å². The van der Waals surface area contributed by atoms with Gasteiger partial charge in [-0.3, -0.25) is 0 Å². The van der Waals surface area contributed by atoms with Crippen LogP contribution < -0.4 is 5.32 Å². The lowest BCUT2D eigenvalue weighted by molar-refractivity contribution is 0.397. The van der Waals surface area contributed by atoms with Crippen molar-refractivity contribution in [3.8, 4) is 0 Å². The van der Waals surface area contributed by atoms with Crippen LogP contribution in [0.3, 0.4) is 0 Å². The van der Waals surface area contributed by atoms with Crippen LogP contribution in [0.2, 0.25) is 0 Å². The van der Waals surface area contributed by atoms with E-state index in [0.29, 0.717) is 0 Å². The van der Waals surface area contributed by atoms with E-state index in [1.54, 1.807) is 0 Å². The van der Waals surface area contributed by atoms with E-state index >= 15 is 0 Å². The zero-order valence-corrected chi connectivity index (χ0v) is 9.70. The molecule has 4 nitrogen and oxygen atoms in total. The second-order valence-corrected chi connectivity index (χ2v) is 4.70. The predicted octanol–water partition coefficient (Wildman–Crippen LogP) is 1.57. The third kappa shape index (κ3) is 1.26. The van der Waals surface area contributed by atoms with E-state index in [1.807, 2.05) is 25.4 Å². The number of aryl methyl sites for hydroxylation is 1. The van der Waals surface area contributed by atoms with Crippen molar-refractivity contribution in [1.82, 2.24) is 19.9 Å². The van der Waals surface area contributed by atoms with Crippen LogP contribution in [0.25, 0.3) is 11.2 Å². The highest BCUT2D eigenvalue weighted by Crippen LogP contribution is 2.30. The molecule has 1 aliphatic rings. The van der Waals surface area contributed by atoms with Gasteiger partial charge < -0.3 is 9.88 Å². The monoisotopic (exact) mass is 216 g/mol. The highest BCUT2D eigenvalue weighted by Gasteiger charge is 2.34. The first-order valence-corrected chi connectivity index (χ1v) is 5.74. The summed E-state index contributed by atoms with van der Waals surface area (Å²) in [4.78, 5) is 9.08. The number of rotatable bonds is 1. The Morgan fingerprint density at radius 1 is 1.50 bits per heavy atom. The molecule has 2 aromatic heterocycles. The lowest BCUT2D eigenvalue weighted by atomic mass is 9.99. The fourth-order valence-electron chi connectivity index (χ4n) is 2.60. The van der Waals surface area contributed by atoms with Gasteiger partial charge in [0.2, 0.25) is 0 Å². The van der Waals surface area contributed by atoms with Gasteiger partial charge in [-0.05, 0) is 38.4 Å². The number of nitrogens with one attached hydrogen (secondary N) is 1. The van der Waals surface area contributed by atoms with Crippen molar-refractivity contribution in [3.63, 3.8) is 0 Å². The summed E-state index contributed by atoms with van der Waals surface area (Å²) < 4.78 is 2.10. The number of imidazole rings is 1. The number of hydrogen-bond acceptors (Lipinski definition) is 3. The standard InChI is InChI=1S/C12H16N4/c1-12(6-4-8-14-12)11-15-9-5-3-7-13-10(9)16(11)2/h3,5,7,14H,4,6,8H2,1-2H3. The highest BCUT2D eigenvalue weighted by atomic mass is 15.2. The van der Waals surface area contributed by atoms with Crippen molar-refractivity contribution in [2.24, 2.45) is 7.05 Å². The summed E-state index contributed by atoms with van der Waals surface area (Å²) in [6.07, 6.45) is 4.18. The second kappa shape index (κ2) is 3.28. The van der Waals surface area contributed by atoms with Crippen LogP contribution >= 0.6 is 0 Å². The molecule has 1 aliphatic heterocycles. The van der Waals surface area contributed by atoms with E-state index in [9.17, 15) is 0 Å². The first kappa shape index (κ1) is 9.78. The van der Waals surface area contributed by atoms with Crippen LogP contribution in [0.5, 0.6) is 0 Å². The molecular weight excluding hydrogens is 200 g/mol. The predicted molar refractivity (Wildman–Crippen MR) is 63.1 cm³/mol. The summed E-state index contributed by atoms with van der Waals surface area (Å²) in [5.74, 6) is 1.10. The van der Waals surface area contributed by atoms with E-state index < -0.39 is 0 Å². The zero-order chi connectivity index (χ0) is 11.2. The molecule has 3 rings (SSSR count). The summed E-state index contributed by atoms with van der Waals surface area (Å²) >= 11 is 0. The molecule has 4 heteroatoms. The zero-order valence-electron chi connectivity index (χ0n) is 9.70. The van der Waals surface area contributed by atoms with Crippen molar-refractivity contribution in [1.29, 1.82) is 0 Å². The summed E-state index contributed by atoms with van der Waals surface area (Å²) in [5, 5.41) is 3.54. The van der Waals surface area contributed by atoms with Crippen molar-refractivity contribution < 1.29 is 0 Å². The van der Waals surface area contributed by atoms with Crippen LogP contribution in [0, 0.1) is 0 Å². The summed E-state index contributed by atoms with van der Waals surface area (Å²) in [6, 6.07) is 3.95. The van der Waals surface area contributed by atoms with Gasteiger partial charge in [0, 0.05) is 13.2 Å². The molecule has 1 saturated heterocycles. The van der Waals surface area contributed by atoms with Gasteiger partial charge in [0.05, 0.1) is 5.54 Å². The molecule has 16 heavy (non-hydrogen) atoms. The van der Waals surface area contributed by atoms with E-state index in [2.05, 4.69) is 21.8 Å². The molecule has 1 N–H and O–H groups in total. The third-order valence-corrected chi connectivity index (χ3v) is 3.49. The van der Waals surface area contributed by atoms with E-state index in [1.165, 1.54) is 6.42 Å². The molecule has 0 amide bonds. The molecule has 0 radical (unpaired) electrons. The molecular formula is C12H16N4. The Kier molecular flexibility index (Phi) is 2.01. The second-order valence-electron chi connectivity index (χ2n) is 4.70. The van der Waals surface area contributed by atoms with Gasteiger partial charge in [0.15, 0.2) is 5.65 Å². The maximum Gasteiger partial charge on any atom is 0.159 e. The van der Waals surface area contributed by atoms with Crippen molar-refractivity contribution in [2.45, 2.75) is 25.3 Å². The van der Waals surface area contributed by atoms with E-state index in [0.717, 1.165) is 30.0 Å². The Labute approximate surface area is 94.7 Å². The highest BCUT2D eigenvalue weighted by molar-refractivity contribution is 5.71. The fraction of sp³-hybridized carbons (Fsp3) is 0.500. The van der Waals surface area contributed by atoms with Gasteiger partial charge in [-0.25, -0.2) is 9.97 Å². The largest absolute Gasteiger partial charge is 0.314 e. The molecule has 0 aliphatic carbocycles. The number of pyridine rings is 1. The Bertz CT molecular complexity index is 523. The molecule has 0 bridgehead atoms.